The van der Waals surface area contributed by atoms with Crippen LogP contribution in [0, 0.1) is 0 Å². The van der Waals surface area contributed by atoms with Crippen molar-refractivity contribution in [2.45, 2.75) is 0 Å². The third-order valence-corrected chi connectivity index (χ3v) is 3.04. The fraction of sp³-hybridized carbons (Fsp3) is 0. The molecule has 4 N–H and O–H groups in total. The van der Waals surface area contributed by atoms with E-state index in [4.69, 9.17) is 23.3 Å². The first-order chi connectivity index (χ1) is 10.8. The zero-order chi connectivity index (χ0) is 17.0. The molecule has 0 aliphatic rings. The minimum atomic E-state index is -4.67. The number of halogens is 1. The fourth-order valence-corrected chi connectivity index (χ4v) is 1.83. The minimum absolute atomic E-state index is 0.334. The lowest BCUT2D eigenvalue weighted by Crippen LogP contribution is -2.10. The third-order valence-electron chi connectivity index (χ3n) is 2.28. The quantitative estimate of drug-likeness (QED) is 0.518. The number of nitrogens with zero attached hydrogens (tertiary/aromatic N) is 6. The molecular weight excluding hydrogens is 394 g/mol. The molecule has 0 aliphatic heterocycles. The Hall–Kier alpha value is -2.35. The molecule has 11 nitrogen and oxygen atoms in total. The number of aromatic nitrogens is 6. The van der Waals surface area contributed by atoms with Crippen LogP contribution in [0.3, 0.4) is 0 Å². The molecule has 23 heavy (non-hydrogen) atoms. The van der Waals surface area contributed by atoms with Gasteiger partial charge in [0.05, 0.1) is 0 Å². The molecule has 0 unspecified atom stereocenters. The molecule has 0 radical (unpaired) electrons. The molecule has 0 aromatic carbocycles. The van der Waals surface area contributed by atoms with Crippen molar-refractivity contribution < 1.29 is 17.5 Å². The predicted molar refractivity (Wildman–Crippen MR) is 82.6 cm³/mol. The highest BCUT2D eigenvalue weighted by Gasteiger charge is 2.13. The number of rotatable bonds is 2. The highest BCUT2D eigenvalue weighted by atomic mass is 79.9. The number of hydrogen-bond donors (Lipinski definition) is 3. The molecule has 0 saturated heterocycles. The molecule has 0 saturated carbocycles. The van der Waals surface area contributed by atoms with Gasteiger partial charge in [0.15, 0.2) is 5.82 Å². The van der Waals surface area contributed by atoms with Crippen LogP contribution >= 0.6 is 15.9 Å². The molecule has 3 aromatic rings. The van der Waals surface area contributed by atoms with E-state index in [1.165, 1.54) is 4.68 Å². The monoisotopic (exact) mass is 403 g/mol. The summed E-state index contributed by atoms with van der Waals surface area (Å²) in [5, 5.41) is 8.19. The second-order valence-electron chi connectivity index (χ2n) is 3.90. The van der Waals surface area contributed by atoms with Crippen molar-refractivity contribution in [2.24, 2.45) is 0 Å². The molecule has 0 fully saturated rings. The van der Waals surface area contributed by atoms with Gasteiger partial charge in [-0.1, -0.05) is 0 Å². The topological polar surface area (TPSA) is 162 Å². The van der Waals surface area contributed by atoms with E-state index in [9.17, 15) is 0 Å². The van der Waals surface area contributed by atoms with E-state index in [-0.39, 0.29) is 0 Å². The van der Waals surface area contributed by atoms with Gasteiger partial charge in [0, 0.05) is 24.8 Å². The van der Waals surface area contributed by atoms with Crippen LogP contribution in [-0.2, 0) is 10.4 Å². The van der Waals surface area contributed by atoms with Crippen molar-refractivity contribution in [3.63, 3.8) is 0 Å². The number of nitrogens with two attached hydrogens (primary N) is 1. The van der Waals surface area contributed by atoms with Gasteiger partial charge in [-0.15, -0.1) is 0 Å². The summed E-state index contributed by atoms with van der Waals surface area (Å²) < 4.78 is 35.3. The van der Waals surface area contributed by atoms with Gasteiger partial charge >= 0.3 is 10.4 Å². The maximum absolute atomic E-state index is 8.74. The van der Waals surface area contributed by atoms with Gasteiger partial charge in [-0.2, -0.15) is 28.6 Å². The van der Waals surface area contributed by atoms with E-state index in [2.05, 4.69) is 36.1 Å². The predicted octanol–water partition coefficient (Wildman–Crippen LogP) is 0.540. The highest BCUT2D eigenvalue weighted by molar-refractivity contribution is 9.10. The van der Waals surface area contributed by atoms with E-state index in [1.54, 1.807) is 41.6 Å². The van der Waals surface area contributed by atoms with Crippen molar-refractivity contribution in [1.82, 2.24) is 29.5 Å². The van der Waals surface area contributed by atoms with Crippen LogP contribution in [0.2, 0.25) is 0 Å². The van der Waals surface area contributed by atoms with E-state index in [1.807, 2.05) is 0 Å². The average Bonchev–Trinajstić information content (AvgIpc) is 3.11. The molecule has 3 rings (SSSR count). The molecule has 13 heteroatoms. The molecule has 3 aromatic heterocycles. The Morgan fingerprint density at radius 3 is 2.04 bits per heavy atom. The molecule has 3 heterocycles. The number of anilines is 1. The summed E-state index contributed by atoms with van der Waals surface area (Å²) in [6.07, 6.45) is 6.84. The molecule has 0 amide bonds. The first-order valence-electron chi connectivity index (χ1n) is 5.78. The Morgan fingerprint density at radius 1 is 1.04 bits per heavy atom. The summed E-state index contributed by atoms with van der Waals surface area (Å²) in [4.78, 5) is 8.55. The summed E-state index contributed by atoms with van der Waals surface area (Å²) in [5.41, 5.74) is 5.85. The third kappa shape index (κ3) is 4.82. The van der Waals surface area contributed by atoms with Crippen molar-refractivity contribution in [1.29, 1.82) is 0 Å². The lowest BCUT2D eigenvalue weighted by Gasteiger charge is -2.08. The second-order valence-corrected chi connectivity index (χ2v) is 5.58. The summed E-state index contributed by atoms with van der Waals surface area (Å²) in [5.74, 6) is 1.30. The molecule has 0 bridgehead atoms. The van der Waals surface area contributed by atoms with Gasteiger partial charge in [0.1, 0.15) is 10.3 Å². The van der Waals surface area contributed by atoms with Crippen LogP contribution in [0.15, 0.2) is 41.4 Å². The normalized spacial score (nSPS) is 10.9. The van der Waals surface area contributed by atoms with Gasteiger partial charge in [0.25, 0.3) is 5.95 Å². The zero-order valence-electron chi connectivity index (χ0n) is 11.2. The molecular formula is C10H10BrN7O4S. The average molecular weight is 404 g/mol. The first kappa shape index (κ1) is 17.0. The number of hydrogen-bond acceptors (Lipinski definition) is 7. The summed E-state index contributed by atoms with van der Waals surface area (Å²) >= 11 is 3.36. The van der Waals surface area contributed by atoms with Crippen molar-refractivity contribution in [2.75, 3.05) is 5.73 Å². The Balaban J connectivity index is 0.000000338. The number of nitrogen functional groups attached to an aromatic ring is 1. The van der Waals surface area contributed by atoms with E-state index in [0.29, 0.717) is 22.1 Å². The molecule has 0 aliphatic carbocycles. The van der Waals surface area contributed by atoms with Gasteiger partial charge in [-0.3, -0.25) is 9.11 Å². The SMILES string of the molecule is Nc1nc(-n2cccn2)nc(-n2cccn2)c1Br.O=S(=O)(O)O. The lowest BCUT2D eigenvalue weighted by molar-refractivity contribution is 0.381. The van der Waals surface area contributed by atoms with Crippen molar-refractivity contribution in [3.8, 4) is 11.8 Å². The smallest absolute Gasteiger partial charge is 0.383 e. The molecule has 0 atom stereocenters. The Bertz CT molecular complexity index is 872. The van der Waals surface area contributed by atoms with E-state index >= 15 is 0 Å². The van der Waals surface area contributed by atoms with E-state index in [0.717, 1.165) is 0 Å². The van der Waals surface area contributed by atoms with Crippen molar-refractivity contribution >= 4 is 32.1 Å². The summed E-state index contributed by atoms with van der Waals surface area (Å²) in [6.45, 7) is 0. The Morgan fingerprint density at radius 2 is 1.57 bits per heavy atom. The Kier molecular flexibility index (Phi) is 5.05. The maximum atomic E-state index is 8.74. The standard InChI is InChI=1S/C10H8BrN7.H2O4S/c11-7-8(12)15-10(18-6-2-4-14-18)16-9(7)17-5-1-3-13-17;1-5(2,3)4/h1-6H,(H2,12,15,16);(H2,1,2,3,4). The van der Waals surface area contributed by atoms with Crippen LogP contribution < -0.4 is 5.73 Å². The zero-order valence-corrected chi connectivity index (χ0v) is 13.6. The second kappa shape index (κ2) is 6.82. The van der Waals surface area contributed by atoms with Crippen molar-refractivity contribution in [3.05, 3.63) is 41.4 Å². The fourth-order valence-electron chi connectivity index (χ4n) is 1.48. The van der Waals surface area contributed by atoms with Gasteiger partial charge in [-0.25, -0.2) is 9.36 Å². The van der Waals surface area contributed by atoms with Crippen LogP contribution in [0.25, 0.3) is 11.8 Å². The van der Waals surface area contributed by atoms with Gasteiger partial charge in [0.2, 0.25) is 0 Å². The van der Waals surface area contributed by atoms with E-state index < -0.39 is 10.4 Å². The largest absolute Gasteiger partial charge is 0.394 e. The molecule has 122 valence electrons. The summed E-state index contributed by atoms with van der Waals surface area (Å²) in [7, 11) is -4.67. The first-order valence-corrected chi connectivity index (χ1v) is 7.97. The lowest BCUT2D eigenvalue weighted by atomic mass is 10.5. The Labute approximate surface area is 138 Å². The van der Waals surface area contributed by atoms with Crippen LogP contribution in [0.5, 0.6) is 0 Å². The highest BCUT2D eigenvalue weighted by Crippen LogP contribution is 2.24. The molecule has 0 spiro atoms. The van der Waals surface area contributed by atoms with Crippen LogP contribution in [0.4, 0.5) is 5.82 Å². The van der Waals surface area contributed by atoms with Crippen LogP contribution in [-0.4, -0.2) is 47.1 Å². The minimum Gasteiger partial charge on any atom is -0.383 e. The van der Waals surface area contributed by atoms with Gasteiger partial charge < -0.3 is 5.73 Å². The van der Waals surface area contributed by atoms with Gasteiger partial charge in [-0.05, 0) is 28.1 Å². The van der Waals surface area contributed by atoms with Crippen LogP contribution in [0.1, 0.15) is 0 Å². The maximum Gasteiger partial charge on any atom is 0.394 e. The summed E-state index contributed by atoms with van der Waals surface area (Å²) in [6, 6.07) is 3.59.